The van der Waals surface area contributed by atoms with Gasteiger partial charge in [-0.15, -0.1) is 0 Å². The first-order chi connectivity index (χ1) is 18.6. The molecule has 7 aromatic rings. The predicted molar refractivity (Wildman–Crippen MR) is 150 cm³/mol. The van der Waals surface area contributed by atoms with Gasteiger partial charge in [0.25, 0.3) is 0 Å². The summed E-state index contributed by atoms with van der Waals surface area (Å²) in [5, 5.41) is 15.8. The molecule has 0 saturated carbocycles. The summed E-state index contributed by atoms with van der Waals surface area (Å²) in [5.74, 6) is 0. The van der Waals surface area contributed by atoms with E-state index in [9.17, 15) is 6.63 Å². The Bertz CT molecular complexity index is 2130. The van der Waals surface area contributed by atoms with Crippen LogP contribution in [0.25, 0.3) is 65.9 Å². The van der Waals surface area contributed by atoms with Gasteiger partial charge in [-0.05, 0) is 63.8 Å². The molecule has 0 aliphatic rings. The molecule has 0 spiro atoms. The molecule has 3 nitrogen and oxygen atoms in total. The van der Waals surface area contributed by atoms with Crippen LogP contribution in [0.4, 0.5) is 0 Å². The monoisotopic (exact) mass is 476 g/mol. The molecule has 174 valence electrons. The number of hydrogen-bond donors (Lipinski definition) is 0. The van der Waals surface area contributed by atoms with E-state index in [0.717, 1.165) is 65.8 Å². The van der Waals surface area contributed by atoms with Crippen molar-refractivity contribution in [3.05, 3.63) is 114 Å². The molecule has 0 aliphatic carbocycles. The normalized spacial score (nSPS) is 11.9. The zero-order valence-corrected chi connectivity index (χ0v) is 20.5. The molecule has 0 aliphatic heterocycles. The lowest BCUT2D eigenvalue weighted by molar-refractivity contribution is -0.660. The Labute approximate surface area is 215 Å². The summed E-state index contributed by atoms with van der Waals surface area (Å²) in [7, 11) is 2.03. The molecule has 0 radical (unpaired) electrons. The van der Waals surface area contributed by atoms with Gasteiger partial charge < -0.3 is 4.42 Å². The van der Waals surface area contributed by atoms with Gasteiger partial charge in [-0.3, -0.25) is 0 Å². The van der Waals surface area contributed by atoms with Gasteiger partial charge in [0.05, 0.1) is 18.6 Å². The average Bonchev–Trinajstić information content (AvgIpc) is 3.32. The highest BCUT2D eigenvalue weighted by Crippen LogP contribution is 2.43. The second-order valence-electron chi connectivity index (χ2n) is 9.54. The van der Waals surface area contributed by atoms with E-state index in [0.29, 0.717) is 17.2 Å². The van der Waals surface area contributed by atoms with Crippen LogP contribution < -0.4 is 4.57 Å². The topological polar surface area (TPSA) is 40.8 Å². The molecule has 2 heterocycles. The SMILES string of the molecule is [2H]c1c(-c2cc(C#N)cc3c2oc2c(-c4cccc[n+]4C)c(C)ccc23)c2ccccc2c2ccccc12. The number of aryl methyl sites for hydroxylation is 2. The fourth-order valence-electron chi connectivity index (χ4n) is 5.57. The van der Waals surface area contributed by atoms with E-state index in [1.54, 1.807) is 0 Å². The largest absolute Gasteiger partial charge is 0.454 e. The van der Waals surface area contributed by atoms with Crippen LogP contribution in [-0.4, -0.2) is 0 Å². The van der Waals surface area contributed by atoms with Crippen molar-refractivity contribution in [2.75, 3.05) is 0 Å². The van der Waals surface area contributed by atoms with E-state index in [-0.39, 0.29) is 0 Å². The number of fused-ring (bicyclic) bond motifs is 6. The van der Waals surface area contributed by atoms with Crippen molar-refractivity contribution in [3.63, 3.8) is 0 Å². The van der Waals surface area contributed by atoms with Crippen molar-refractivity contribution < 1.29 is 10.4 Å². The van der Waals surface area contributed by atoms with Crippen molar-refractivity contribution in [1.29, 1.82) is 5.26 Å². The number of nitriles is 1. The molecule has 0 fully saturated rings. The van der Waals surface area contributed by atoms with Crippen LogP contribution in [0.2, 0.25) is 0 Å². The van der Waals surface area contributed by atoms with E-state index < -0.39 is 0 Å². The van der Waals surface area contributed by atoms with Gasteiger partial charge in [-0.2, -0.15) is 5.26 Å². The van der Waals surface area contributed by atoms with Crippen LogP contribution in [0.5, 0.6) is 0 Å². The highest BCUT2D eigenvalue weighted by Gasteiger charge is 2.23. The first-order valence-electron chi connectivity index (χ1n) is 12.8. The molecule has 0 amide bonds. The number of benzene rings is 5. The number of aromatic nitrogens is 1. The first kappa shape index (κ1) is 20.3. The smallest absolute Gasteiger partial charge is 0.216 e. The Morgan fingerprint density at radius 1 is 0.757 bits per heavy atom. The van der Waals surface area contributed by atoms with Gasteiger partial charge in [0.1, 0.15) is 18.2 Å². The van der Waals surface area contributed by atoms with Gasteiger partial charge in [-0.25, -0.2) is 4.57 Å². The third-order valence-corrected chi connectivity index (χ3v) is 7.33. The molecule has 2 aromatic heterocycles. The summed E-state index contributed by atoms with van der Waals surface area (Å²) in [6.45, 7) is 2.09. The van der Waals surface area contributed by atoms with E-state index in [1.807, 2.05) is 67.8 Å². The second kappa shape index (κ2) is 8.05. The van der Waals surface area contributed by atoms with Crippen LogP contribution in [0, 0.1) is 18.3 Å². The maximum Gasteiger partial charge on any atom is 0.216 e. The molecule has 0 unspecified atom stereocenters. The molecular formula is C34H23N2O+. The molecule has 5 aromatic carbocycles. The Balaban J connectivity index is 1.67. The quantitative estimate of drug-likeness (QED) is 0.186. The van der Waals surface area contributed by atoms with Crippen molar-refractivity contribution in [2.24, 2.45) is 7.05 Å². The first-order valence-corrected chi connectivity index (χ1v) is 12.3. The summed E-state index contributed by atoms with van der Waals surface area (Å²) in [5.41, 5.74) is 6.76. The predicted octanol–water partition coefficient (Wildman–Crippen LogP) is 8.23. The van der Waals surface area contributed by atoms with Crippen LogP contribution >= 0.6 is 0 Å². The molecular weight excluding hydrogens is 452 g/mol. The molecule has 0 atom stereocenters. The standard InChI is InChI=1S/C34H23N2O/c1-21-14-15-27-29-17-22(20-35)18-30(33(29)37-34(27)32(21)31-13-7-8-16-36(31)2)28-19-23-9-3-4-10-24(23)25-11-5-6-12-26(25)28/h3-19H,1-2H3/q+1/i19D. The third-order valence-electron chi connectivity index (χ3n) is 7.33. The zero-order chi connectivity index (χ0) is 26.0. The second-order valence-corrected chi connectivity index (χ2v) is 9.54. The minimum absolute atomic E-state index is 0.432. The molecule has 0 N–H and O–H groups in total. The Kier molecular flexibility index (Phi) is 4.41. The van der Waals surface area contributed by atoms with Gasteiger partial charge in [0.15, 0.2) is 6.20 Å². The number of furan rings is 1. The van der Waals surface area contributed by atoms with Gasteiger partial charge in [0, 0.05) is 28.5 Å². The van der Waals surface area contributed by atoms with Gasteiger partial charge in [0.2, 0.25) is 5.69 Å². The molecule has 7 rings (SSSR count). The van der Waals surface area contributed by atoms with E-state index in [1.165, 1.54) is 0 Å². The lowest BCUT2D eigenvalue weighted by Crippen LogP contribution is -2.30. The van der Waals surface area contributed by atoms with Crippen molar-refractivity contribution in [1.82, 2.24) is 0 Å². The zero-order valence-electron chi connectivity index (χ0n) is 21.5. The average molecular weight is 477 g/mol. The van der Waals surface area contributed by atoms with Crippen LogP contribution in [0.3, 0.4) is 0 Å². The highest BCUT2D eigenvalue weighted by molar-refractivity contribution is 6.19. The third kappa shape index (κ3) is 3.16. The maximum atomic E-state index is 10.0. The Morgan fingerprint density at radius 3 is 2.32 bits per heavy atom. The molecule has 0 saturated heterocycles. The Morgan fingerprint density at radius 2 is 1.51 bits per heavy atom. The molecule has 3 heteroatoms. The lowest BCUT2D eigenvalue weighted by atomic mass is 9.91. The fraction of sp³-hybridized carbons (Fsp3) is 0.0588. The van der Waals surface area contributed by atoms with Crippen LogP contribution in [0.1, 0.15) is 12.5 Å². The summed E-state index contributed by atoms with van der Waals surface area (Å²) < 4.78 is 18.2. The Hall–Kier alpha value is -4.94. The van der Waals surface area contributed by atoms with Crippen molar-refractivity contribution in [2.45, 2.75) is 6.92 Å². The number of pyridine rings is 1. The van der Waals surface area contributed by atoms with Gasteiger partial charge in [-0.1, -0.05) is 60.7 Å². The maximum absolute atomic E-state index is 10.0. The van der Waals surface area contributed by atoms with Crippen LogP contribution in [-0.2, 0) is 7.05 Å². The van der Waals surface area contributed by atoms with E-state index in [2.05, 4.69) is 54.0 Å². The minimum Gasteiger partial charge on any atom is -0.454 e. The highest BCUT2D eigenvalue weighted by atomic mass is 16.3. The molecule has 37 heavy (non-hydrogen) atoms. The summed E-state index contributed by atoms with van der Waals surface area (Å²) in [6.07, 6.45) is 2.03. The summed E-state index contributed by atoms with van der Waals surface area (Å²) in [6, 6.07) is 33.1. The van der Waals surface area contributed by atoms with Crippen molar-refractivity contribution in [3.8, 4) is 28.5 Å². The summed E-state index contributed by atoms with van der Waals surface area (Å²) >= 11 is 0. The van der Waals surface area contributed by atoms with Gasteiger partial charge >= 0.3 is 0 Å². The fourth-order valence-corrected chi connectivity index (χ4v) is 5.57. The van der Waals surface area contributed by atoms with Crippen LogP contribution in [0.15, 0.2) is 108 Å². The van der Waals surface area contributed by atoms with E-state index >= 15 is 0 Å². The van der Waals surface area contributed by atoms with E-state index in [4.69, 9.17) is 4.42 Å². The lowest BCUT2D eigenvalue weighted by Gasteiger charge is -2.12. The number of nitrogens with zero attached hydrogens (tertiary/aromatic N) is 2. The number of hydrogen-bond acceptors (Lipinski definition) is 2. The van der Waals surface area contributed by atoms with Crippen molar-refractivity contribution >= 4 is 43.5 Å². The number of rotatable bonds is 2. The molecule has 0 bridgehead atoms. The summed E-state index contributed by atoms with van der Waals surface area (Å²) in [4.78, 5) is 0. The minimum atomic E-state index is 0.432.